The first-order valence-corrected chi connectivity index (χ1v) is 10.1. The van der Waals surface area contributed by atoms with Crippen molar-refractivity contribution in [3.63, 3.8) is 0 Å². The standard InChI is InChI=1S/C18H21N5O3S/c1-11(2)27(24,25)14-6-4-13(5-7-14)15-9-20-10-16(21-15)18-23-22-17(26-18)12(3)8-19/h4-7,9-12H,8,19H2,1-3H3. The van der Waals surface area contributed by atoms with Crippen LogP contribution in [0.5, 0.6) is 0 Å². The molecule has 2 heterocycles. The van der Waals surface area contributed by atoms with Gasteiger partial charge in [0.2, 0.25) is 5.89 Å². The molecule has 9 heteroatoms. The minimum Gasteiger partial charge on any atom is -0.419 e. The number of nitrogens with zero attached hydrogens (tertiary/aromatic N) is 4. The van der Waals surface area contributed by atoms with Gasteiger partial charge in [-0.1, -0.05) is 19.1 Å². The average molecular weight is 387 g/mol. The van der Waals surface area contributed by atoms with E-state index in [1.54, 1.807) is 44.3 Å². The minimum atomic E-state index is -3.31. The molecule has 0 saturated carbocycles. The Balaban J connectivity index is 1.91. The summed E-state index contributed by atoms with van der Waals surface area (Å²) in [5, 5.41) is 7.51. The molecular formula is C18H21N5O3S. The van der Waals surface area contributed by atoms with Crippen molar-refractivity contribution in [1.82, 2.24) is 20.2 Å². The molecule has 0 spiro atoms. The van der Waals surface area contributed by atoms with Gasteiger partial charge in [-0.25, -0.2) is 13.4 Å². The fourth-order valence-electron chi connectivity index (χ4n) is 2.33. The summed E-state index contributed by atoms with van der Waals surface area (Å²) < 4.78 is 30.1. The van der Waals surface area contributed by atoms with Crippen LogP contribution in [0.3, 0.4) is 0 Å². The molecule has 3 aromatic rings. The van der Waals surface area contributed by atoms with Crippen molar-refractivity contribution in [3.8, 4) is 22.8 Å². The number of rotatable bonds is 6. The summed E-state index contributed by atoms with van der Waals surface area (Å²) >= 11 is 0. The second-order valence-corrected chi connectivity index (χ2v) is 8.99. The van der Waals surface area contributed by atoms with Crippen LogP contribution >= 0.6 is 0 Å². The van der Waals surface area contributed by atoms with Gasteiger partial charge in [0, 0.05) is 18.0 Å². The summed E-state index contributed by atoms with van der Waals surface area (Å²) in [7, 11) is -3.31. The summed E-state index contributed by atoms with van der Waals surface area (Å²) in [6.07, 6.45) is 3.13. The number of sulfone groups is 1. The average Bonchev–Trinajstić information content (AvgIpc) is 3.18. The Morgan fingerprint density at radius 2 is 1.70 bits per heavy atom. The quantitative estimate of drug-likeness (QED) is 0.683. The molecule has 2 aromatic heterocycles. The molecule has 1 atom stereocenters. The Labute approximate surface area is 157 Å². The van der Waals surface area contributed by atoms with Gasteiger partial charge in [-0.15, -0.1) is 10.2 Å². The molecule has 1 unspecified atom stereocenters. The van der Waals surface area contributed by atoms with E-state index in [1.165, 1.54) is 6.20 Å². The smallest absolute Gasteiger partial charge is 0.267 e. The van der Waals surface area contributed by atoms with E-state index in [1.807, 2.05) is 6.92 Å². The second kappa shape index (κ2) is 7.53. The highest BCUT2D eigenvalue weighted by atomic mass is 32.2. The molecule has 0 fully saturated rings. The van der Waals surface area contributed by atoms with Crippen molar-refractivity contribution in [2.45, 2.75) is 36.8 Å². The molecule has 3 rings (SSSR count). The predicted octanol–water partition coefficient (Wildman–Crippen LogP) is 2.44. The number of hydrogen-bond acceptors (Lipinski definition) is 8. The molecule has 1 aromatic carbocycles. The fourth-order valence-corrected chi connectivity index (χ4v) is 3.39. The summed E-state index contributed by atoms with van der Waals surface area (Å²) in [6.45, 7) is 5.61. The van der Waals surface area contributed by atoms with E-state index in [9.17, 15) is 8.42 Å². The minimum absolute atomic E-state index is 0.0437. The molecule has 0 aliphatic carbocycles. The van der Waals surface area contributed by atoms with E-state index in [0.717, 1.165) is 5.56 Å². The van der Waals surface area contributed by atoms with Crippen LogP contribution in [0.2, 0.25) is 0 Å². The van der Waals surface area contributed by atoms with Gasteiger partial charge in [0.1, 0.15) is 5.69 Å². The maximum Gasteiger partial charge on any atom is 0.267 e. The van der Waals surface area contributed by atoms with Gasteiger partial charge in [-0.05, 0) is 26.0 Å². The summed E-state index contributed by atoms with van der Waals surface area (Å²) in [6, 6.07) is 6.57. The molecule has 0 saturated heterocycles. The van der Waals surface area contributed by atoms with Gasteiger partial charge in [0.25, 0.3) is 5.89 Å². The Kier molecular flexibility index (Phi) is 5.33. The molecule has 8 nitrogen and oxygen atoms in total. The highest BCUT2D eigenvalue weighted by molar-refractivity contribution is 7.92. The van der Waals surface area contributed by atoms with Crippen LogP contribution < -0.4 is 5.73 Å². The Morgan fingerprint density at radius 1 is 1.04 bits per heavy atom. The predicted molar refractivity (Wildman–Crippen MR) is 101 cm³/mol. The molecule has 142 valence electrons. The third-order valence-corrected chi connectivity index (χ3v) is 6.34. The van der Waals surface area contributed by atoms with E-state index < -0.39 is 15.1 Å². The Bertz CT molecular complexity index is 1030. The number of nitrogens with two attached hydrogens (primary N) is 1. The van der Waals surface area contributed by atoms with Gasteiger partial charge < -0.3 is 10.2 Å². The Hall–Kier alpha value is -2.65. The monoisotopic (exact) mass is 387 g/mol. The molecule has 0 radical (unpaired) electrons. The zero-order valence-electron chi connectivity index (χ0n) is 15.3. The fraction of sp³-hybridized carbons (Fsp3) is 0.333. The first kappa shape index (κ1) is 19.1. The van der Waals surface area contributed by atoms with Crippen LogP contribution in [-0.2, 0) is 9.84 Å². The first-order chi connectivity index (χ1) is 12.8. The second-order valence-electron chi connectivity index (χ2n) is 6.49. The number of aromatic nitrogens is 4. The molecule has 27 heavy (non-hydrogen) atoms. The van der Waals surface area contributed by atoms with Crippen LogP contribution in [0.15, 0.2) is 46.0 Å². The number of benzene rings is 1. The summed E-state index contributed by atoms with van der Waals surface area (Å²) in [5.74, 6) is 0.666. The van der Waals surface area contributed by atoms with Gasteiger partial charge in [0.05, 0.1) is 28.2 Å². The lowest BCUT2D eigenvalue weighted by Crippen LogP contribution is -2.13. The normalized spacial score (nSPS) is 13.1. The van der Waals surface area contributed by atoms with Gasteiger partial charge in [-0.2, -0.15) is 0 Å². The van der Waals surface area contributed by atoms with Crippen molar-refractivity contribution in [2.75, 3.05) is 6.54 Å². The summed E-state index contributed by atoms with van der Waals surface area (Å²) in [4.78, 5) is 8.96. The maximum absolute atomic E-state index is 12.2. The van der Waals surface area contributed by atoms with Crippen LogP contribution in [-0.4, -0.2) is 40.4 Å². The molecular weight excluding hydrogens is 366 g/mol. The zero-order chi connectivity index (χ0) is 19.6. The molecule has 0 bridgehead atoms. The lowest BCUT2D eigenvalue weighted by Gasteiger charge is -2.08. The van der Waals surface area contributed by atoms with Crippen LogP contribution in [0.25, 0.3) is 22.8 Å². The van der Waals surface area contributed by atoms with Crippen LogP contribution in [0.4, 0.5) is 0 Å². The largest absolute Gasteiger partial charge is 0.419 e. The van der Waals surface area contributed by atoms with Crippen molar-refractivity contribution < 1.29 is 12.8 Å². The van der Waals surface area contributed by atoms with E-state index >= 15 is 0 Å². The van der Waals surface area contributed by atoms with Crippen molar-refractivity contribution in [2.24, 2.45) is 5.73 Å². The third kappa shape index (κ3) is 3.88. The topological polar surface area (TPSA) is 125 Å². The van der Waals surface area contributed by atoms with Crippen molar-refractivity contribution >= 4 is 9.84 Å². The highest BCUT2D eigenvalue weighted by Gasteiger charge is 2.19. The van der Waals surface area contributed by atoms with E-state index in [0.29, 0.717) is 23.8 Å². The first-order valence-electron chi connectivity index (χ1n) is 8.53. The van der Waals surface area contributed by atoms with Crippen molar-refractivity contribution in [1.29, 1.82) is 0 Å². The SMILES string of the molecule is CC(CN)c1nnc(-c2cncc(-c3ccc(S(=O)(=O)C(C)C)cc3)n2)o1. The van der Waals surface area contributed by atoms with Crippen LogP contribution in [0.1, 0.15) is 32.6 Å². The van der Waals surface area contributed by atoms with Gasteiger partial charge >= 0.3 is 0 Å². The maximum atomic E-state index is 12.2. The molecule has 0 amide bonds. The lowest BCUT2D eigenvalue weighted by atomic mass is 10.1. The van der Waals surface area contributed by atoms with E-state index in [4.69, 9.17) is 10.2 Å². The zero-order valence-corrected chi connectivity index (χ0v) is 16.1. The van der Waals surface area contributed by atoms with Crippen molar-refractivity contribution in [3.05, 3.63) is 42.5 Å². The molecule has 2 N–H and O–H groups in total. The third-order valence-electron chi connectivity index (χ3n) is 4.17. The summed E-state index contributed by atoms with van der Waals surface area (Å²) in [5.41, 5.74) is 7.37. The van der Waals surface area contributed by atoms with E-state index in [-0.39, 0.29) is 16.7 Å². The highest BCUT2D eigenvalue weighted by Crippen LogP contribution is 2.24. The van der Waals surface area contributed by atoms with Gasteiger partial charge in [0.15, 0.2) is 9.84 Å². The molecule has 0 aliphatic heterocycles. The van der Waals surface area contributed by atoms with E-state index in [2.05, 4.69) is 20.2 Å². The van der Waals surface area contributed by atoms with Crippen LogP contribution in [0, 0.1) is 0 Å². The number of hydrogen-bond donors (Lipinski definition) is 1. The Morgan fingerprint density at radius 3 is 2.33 bits per heavy atom. The van der Waals surface area contributed by atoms with Gasteiger partial charge in [-0.3, -0.25) is 4.98 Å². The lowest BCUT2D eigenvalue weighted by molar-refractivity contribution is 0.469. The molecule has 0 aliphatic rings.